The summed E-state index contributed by atoms with van der Waals surface area (Å²) in [6.07, 6.45) is -9.10. The van der Waals surface area contributed by atoms with Crippen LogP contribution in [0.2, 0.25) is 0 Å². The molecule has 0 fully saturated rings. The molecule has 0 aliphatic rings. The number of hydrogen-bond donors (Lipinski definition) is 0. The Morgan fingerprint density at radius 3 is 1.69 bits per heavy atom. The molecule has 0 atom stereocenters. The third-order valence-electron chi connectivity index (χ3n) is 6.83. The average molecular weight is 503 g/mol. The van der Waals surface area contributed by atoms with Crippen molar-refractivity contribution >= 4 is 6.08 Å². The summed E-state index contributed by atoms with van der Waals surface area (Å²) in [6.45, 7) is 8.69. The van der Waals surface area contributed by atoms with E-state index in [1.54, 1.807) is 19.1 Å². The van der Waals surface area contributed by atoms with E-state index in [0.29, 0.717) is 5.56 Å². The third-order valence-corrected chi connectivity index (χ3v) is 6.83. The summed E-state index contributed by atoms with van der Waals surface area (Å²) >= 11 is 0. The first-order valence-corrected chi connectivity index (χ1v) is 11.3. The van der Waals surface area contributed by atoms with E-state index >= 15 is 0 Å². The molecule has 0 amide bonds. The van der Waals surface area contributed by atoms with E-state index in [2.05, 4.69) is 41.5 Å². The largest absolute Gasteiger partial charge is 0.430 e. The van der Waals surface area contributed by atoms with Crippen molar-refractivity contribution in [1.29, 1.82) is 0 Å². The molecule has 194 valence electrons. The van der Waals surface area contributed by atoms with E-state index in [1.165, 1.54) is 5.56 Å². The standard InChI is InChI=1S/C27H32F6O2/c1-7-24(8-2,22-11-9-18(3)19(4)15-22)23-12-10-21(20(5)16-23)13-14-25(26(28,29)30,27(31,32)33)35-17-34-6/h9-16H,7-8,17H2,1-6H3/b14-13+. The van der Waals surface area contributed by atoms with Crippen LogP contribution in [0.25, 0.3) is 6.08 Å². The number of benzene rings is 2. The lowest BCUT2D eigenvalue weighted by atomic mass is 9.69. The van der Waals surface area contributed by atoms with Gasteiger partial charge in [0.05, 0.1) is 0 Å². The Morgan fingerprint density at radius 1 is 0.743 bits per heavy atom. The van der Waals surface area contributed by atoms with E-state index < -0.39 is 24.7 Å². The van der Waals surface area contributed by atoms with Crippen molar-refractivity contribution in [2.75, 3.05) is 13.9 Å². The monoisotopic (exact) mass is 502 g/mol. The van der Waals surface area contributed by atoms with Crippen LogP contribution in [0.4, 0.5) is 26.3 Å². The maximum Gasteiger partial charge on any atom is 0.430 e. The highest BCUT2D eigenvalue weighted by Crippen LogP contribution is 2.47. The van der Waals surface area contributed by atoms with Crippen LogP contribution in [0.5, 0.6) is 0 Å². The molecular weight excluding hydrogens is 470 g/mol. The Labute approximate surface area is 202 Å². The van der Waals surface area contributed by atoms with Gasteiger partial charge in [0.25, 0.3) is 5.60 Å². The SMILES string of the molecule is CCC(CC)(c1ccc(C)c(C)c1)c1ccc(/C=C/C(OCOC)(C(F)(F)F)C(F)(F)F)c(C)c1. The van der Waals surface area contributed by atoms with Crippen molar-refractivity contribution < 1.29 is 35.8 Å². The van der Waals surface area contributed by atoms with E-state index in [0.717, 1.165) is 42.7 Å². The van der Waals surface area contributed by atoms with Crippen LogP contribution >= 0.6 is 0 Å². The van der Waals surface area contributed by atoms with Crippen molar-refractivity contribution in [2.24, 2.45) is 0 Å². The first-order chi connectivity index (χ1) is 16.2. The van der Waals surface area contributed by atoms with Crippen LogP contribution in [0, 0.1) is 20.8 Å². The van der Waals surface area contributed by atoms with E-state index in [9.17, 15) is 26.3 Å². The van der Waals surface area contributed by atoms with Crippen LogP contribution in [0.1, 0.15) is 60.1 Å². The van der Waals surface area contributed by atoms with Gasteiger partial charge in [-0.25, -0.2) is 0 Å². The zero-order valence-electron chi connectivity index (χ0n) is 20.8. The Bertz CT molecular complexity index is 1020. The van der Waals surface area contributed by atoms with Gasteiger partial charge in [0, 0.05) is 12.5 Å². The minimum Gasteiger partial charge on any atom is -0.359 e. The van der Waals surface area contributed by atoms with Crippen molar-refractivity contribution in [2.45, 2.75) is 70.8 Å². The third kappa shape index (κ3) is 5.59. The fraction of sp³-hybridized carbons (Fsp3) is 0.481. The van der Waals surface area contributed by atoms with Crippen LogP contribution in [0.15, 0.2) is 42.5 Å². The second kappa shape index (κ2) is 10.7. The number of alkyl halides is 6. The Hall–Kier alpha value is -2.32. The highest BCUT2D eigenvalue weighted by atomic mass is 19.4. The zero-order chi connectivity index (χ0) is 26.7. The van der Waals surface area contributed by atoms with Crippen molar-refractivity contribution in [3.8, 4) is 0 Å². The molecule has 0 radical (unpaired) electrons. The molecule has 35 heavy (non-hydrogen) atoms. The lowest BCUT2D eigenvalue weighted by Crippen LogP contribution is -2.57. The number of halogens is 6. The lowest BCUT2D eigenvalue weighted by molar-refractivity contribution is -0.372. The van der Waals surface area contributed by atoms with Crippen LogP contribution < -0.4 is 0 Å². The molecule has 2 nitrogen and oxygen atoms in total. The normalized spacial score (nSPS) is 13.6. The van der Waals surface area contributed by atoms with Gasteiger partial charge < -0.3 is 9.47 Å². The molecule has 0 N–H and O–H groups in total. The molecule has 0 saturated heterocycles. The molecule has 2 aromatic rings. The Balaban J connectivity index is 2.58. The van der Waals surface area contributed by atoms with Gasteiger partial charge in [0.1, 0.15) is 6.79 Å². The molecule has 0 spiro atoms. The van der Waals surface area contributed by atoms with Gasteiger partial charge >= 0.3 is 12.4 Å². The van der Waals surface area contributed by atoms with Crippen LogP contribution in [-0.4, -0.2) is 31.9 Å². The van der Waals surface area contributed by atoms with Gasteiger partial charge in [-0.05, 0) is 73.1 Å². The van der Waals surface area contributed by atoms with Crippen molar-refractivity contribution in [3.63, 3.8) is 0 Å². The summed E-state index contributed by atoms with van der Waals surface area (Å²) in [7, 11) is 0.952. The molecule has 2 rings (SSSR count). The van der Waals surface area contributed by atoms with Gasteiger partial charge in [0.15, 0.2) is 0 Å². The second-order valence-electron chi connectivity index (χ2n) is 8.77. The van der Waals surface area contributed by atoms with Gasteiger partial charge in [-0.15, -0.1) is 0 Å². The number of rotatable bonds is 9. The van der Waals surface area contributed by atoms with E-state index in [4.69, 9.17) is 0 Å². The minimum atomic E-state index is -5.74. The number of ether oxygens (including phenoxy) is 2. The lowest BCUT2D eigenvalue weighted by Gasteiger charge is -2.35. The number of aryl methyl sites for hydroxylation is 3. The summed E-state index contributed by atoms with van der Waals surface area (Å²) in [5.41, 5.74) is 0.346. The summed E-state index contributed by atoms with van der Waals surface area (Å²) < 4.78 is 90.2. The highest BCUT2D eigenvalue weighted by Gasteiger charge is 2.71. The molecule has 0 aliphatic carbocycles. The fourth-order valence-corrected chi connectivity index (χ4v) is 4.35. The molecule has 0 aliphatic heterocycles. The van der Waals surface area contributed by atoms with Crippen LogP contribution in [0.3, 0.4) is 0 Å². The summed E-state index contributed by atoms with van der Waals surface area (Å²) in [6, 6.07) is 11.4. The predicted molar refractivity (Wildman–Crippen MR) is 125 cm³/mol. The van der Waals surface area contributed by atoms with E-state index in [1.807, 2.05) is 19.9 Å². The maximum atomic E-state index is 13.6. The predicted octanol–water partition coefficient (Wildman–Crippen LogP) is 8.22. The molecule has 0 saturated carbocycles. The second-order valence-corrected chi connectivity index (χ2v) is 8.77. The van der Waals surface area contributed by atoms with Gasteiger partial charge in [-0.3, -0.25) is 0 Å². The first-order valence-electron chi connectivity index (χ1n) is 11.3. The quantitative estimate of drug-likeness (QED) is 0.254. The molecular formula is C27H32F6O2. The molecule has 0 aromatic heterocycles. The molecule has 0 unspecified atom stereocenters. The van der Waals surface area contributed by atoms with Gasteiger partial charge in [-0.1, -0.05) is 56.3 Å². The minimum absolute atomic E-state index is 0.0181. The fourth-order valence-electron chi connectivity index (χ4n) is 4.35. The Kier molecular flexibility index (Phi) is 8.88. The summed E-state index contributed by atoms with van der Waals surface area (Å²) in [4.78, 5) is 0. The maximum absolute atomic E-state index is 13.6. The number of methoxy groups -OCH3 is 1. The first kappa shape index (κ1) is 28.9. The van der Waals surface area contributed by atoms with Gasteiger partial charge in [-0.2, -0.15) is 26.3 Å². The summed E-state index contributed by atoms with van der Waals surface area (Å²) in [5, 5.41) is 0. The molecule has 0 bridgehead atoms. The average Bonchev–Trinajstić information content (AvgIpc) is 2.76. The molecule has 0 heterocycles. The molecule has 2 aromatic carbocycles. The molecule has 8 heteroatoms. The smallest absolute Gasteiger partial charge is 0.359 e. The number of hydrogen-bond acceptors (Lipinski definition) is 2. The van der Waals surface area contributed by atoms with Crippen molar-refractivity contribution in [1.82, 2.24) is 0 Å². The topological polar surface area (TPSA) is 18.5 Å². The van der Waals surface area contributed by atoms with Crippen LogP contribution in [-0.2, 0) is 14.9 Å². The zero-order valence-corrected chi connectivity index (χ0v) is 20.8. The Morgan fingerprint density at radius 2 is 1.26 bits per heavy atom. The summed E-state index contributed by atoms with van der Waals surface area (Å²) in [5.74, 6) is 0. The van der Waals surface area contributed by atoms with Crippen molar-refractivity contribution in [3.05, 3.63) is 75.9 Å². The van der Waals surface area contributed by atoms with E-state index in [-0.39, 0.29) is 17.1 Å². The van der Waals surface area contributed by atoms with Gasteiger partial charge in [0.2, 0.25) is 0 Å². The highest BCUT2D eigenvalue weighted by molar-refractivity contribution is 5.57.